The predicted octanol–water partition coefficient (Wildman–Crippen LogP) is 1.01. The summed E-state index contributed by atoms with van der Waals surface area (Å²) in [6, 6.07) is 3.67. The van der Waals surface area contributed by atoms with E-state index in [9.17, 15) is 9.59 Å². The monoisotopic (exact) mass is 263 g/mol. The highest BCUT2D eigenvalue weighted by atomic mass is 16.4. The van der Waals surface area contributed by atoms with Crippen molar-refractivity contribution in [3.8, 4) is 0 Å². The molecule has 2 amide bonds. The number of nitrogens with zero attached hydrogens (tertiary/aromatic N) is 2. The third kappa shape index (κ3) is 3.67. The predicted molar refractivity (Wildman–Crippen MR) is 68.5 cm³/mol. The maximum atomic E-state index is 11.7. The quantitative estimate of drug-likeness (QED) is 0.849. The molecule has 102 valence electrons. The average Bonchev–Trinajstić information content (AvgIpc) is 2.32. The van der Waals surface area contributed by atoms with Gasteiger partial charge in [-0.3, -0.25) is 9.78 Å². The Morgan fingerprint density at radius 2 is 2.21 bits per heavy atom. The molecule has 6 nitrogen and oxygen atoms in total. The minimum atomic E-state index is -0.809. The van der Waals surface area contributed by atoms with E-state index in [-0.39, 0.29) is 18.4 Å². The molecule has 0 unspecified atom stereocenters. The Balaban J connectivity index is 1.71. The van der Waals surface area contributed by atoms with Crippen LogP contribution < -0.4 is 5.32 Å². The first-order valence-electron chi connectivity index (χ1n) is 6.20. The number of likely N-dealkylation sites (tertiary alicyclic amines) is 1. The summed E-state index contributed by atoms with van der Waals surface area (Å²) in [7, 11) is 0. The first kappa shape index (κ1) is 13.3. The van der Waals surface area contributed by atoms with Gasteiger partial charge in [0.2, 0.25) is 0 Å². The molecule has 1 aliphatic heterocycles. The fourth-order valence-electron chi connectivity index (χ4n) is 2.00. The van der Waals surface area contributed by atoms with Gasteiger partial charge in [0.25, 0.3) is 0 Å². The fourth-order valence-corrected chi connectivity index (χ4v) is 2.00. The highest BCUT2D eigenvalue weighted by Crippen LogP contribution is 2.18. The fraction of sp³-hybridized carbons (Fsp3) is 0.462. The lowest BCUT2D eigenvalue weighted by Gasteiger charge is -2.38. The number of amides is 2. The first-order chi connectivity index (χ1) is 9.04. The number of rotatable bonds is 4. The van der Waals surface area contributed by atoms with Gasteiger partial charge in [0.15, 0.2) is 0 Å². The lowest BCUT2D eigenvalue weighted by atomic mass is 9.97. The molecule has 2 heterocycles. The standard InChI is InChI=1S/C13H17N3O3/c1-9-2-3-10(5-14-9)6-15-13(19)16-7-11(8-16)4-12(17)18/h2-3,5,11H,4,6-8H2,1H3,(H,15,19)(H,17,18). The van der Waals surface area contributed by atoms with E-state index in [4.69, 9.17) is 5.11 Å². The van der Waals surface area contributed by atoms with Crippen molar-refractivity contribution < 1.29 is 14.7 Å². The molecule has 1 aromatic rings. The largest absolute Gasteiger partial charge is 0.481 e. The number of aryl methyl sites for hydroxylation is 1. The van der Waals surface area contributed by atoms with Crippen molar-refractivity contribution in [2.24, 2.45) is 5.92 Å². The lowest BCUT2D eigenvalue weighted by Crippen LogP contribution is -2.54. The number of aliphatic carboxylic acids is 1. The second kappa shape index (κ2) is 5.69. The summed E-state index contributed by atoms with van der Waals surface area (Å²) in [5.74, 6) is -0.722. The molecule has 1 saturated heterocycles. The summed E-state index contributed by atoms with van der Waals surface area (Å²) in [6.45, 7) is 3.38. The molecule has 0 saturated carbocycles. The van der Waals surface area contributed by atoms with Crippen molar-refractivity contribution in [3.05, 3.63) is 29.6 Å². The molecular weight excluding hydrogens is 246 g/mol. The Labute approximate surface area is 111 Å². The smallest absolute Gasteiger partial charge is 0.317 e. The summed E-state index contributed by atoms with van der Waals surface area (Å²) < 4.78 is 0. The third-order valence-corrected chi connectivity index (χ3v) is 3.12. The highest BCUT2D eigenvalue weighted by Gasteiger charge is 2.31. The zero-order chi connectivity index (χ0) is 13.8. The maximum absolute atomic E-state index is 11.7. The molecule has 0 radical (unpaired) electrons. The molecule has 19 heavy (non-hydrogen) atoms. The van der Waals surface area contributed by atoms with Crippen molar-refractivity contribution in [3.63, 3.8) is 0 Å². The van der Waals surface area contributed by atoms with Crippen LogP contribution >= 0.6 is 0 Å². The molecule has 0 spiro atoms. The Kier molecular flexibility index (Phi) is 3.99. The third-order valence-electron chi connectivity index (χ3n) is 3.12. The van der Waals surface area contributed by atoms with Crippen molar-refractivity contribution in [1.82, 2.24) is 15.2 Å². The van der Waals surface area contributed by atoms with Crippen molar-refractivity contribution in [1.29, 1.82) is 0 Å². The van der Waals surface area contributed by atoms with Gasteiger partial charge < -0.3 is 15.3 Å². The Morgan fingerprint density at radius 1 is 1.47 bits per heavy atom. The van der Waals surface area contributed by atoms with Crippen LogP contribution in [0.4, 0.5) is 4.79 Å². The van der Waals surface area contributed by atoms with E-state index < -0.39 is 5.97 Å². The number of aromatic nitrogens is 1. The maximum Gasteiger partial charge on any atom is 0.317 e. The first-order valence-corrected chi connectivity index (χ1v) is 6.20. The van der Waals surface area contributed by atoms with E-state index in [0.29, 0.717) is 19.6 Å². The van der Waals surface area contributed by atoms with Gasteiger partial charge in [0, 0.05) is 37.4 Å². The molecule has 1 fully saturated rings. The molecule has 0 aliphatic carbocycles. The van der Waals surface area contributed by atoms with Crippen LogP contribution in [0, 0.1) is 12.8 Å². The Hall–Kier alpha value is -2.11. The van der Waals surface area contributed by atoms with Gasteiger partial charge in [-0.25, -0.2) is 4.79 Å². The summed E-state index contributed by atoms with van der Waals surface area (Å²) in [6.07, 6.45) is 1.87. The Bertz CT molecular complexity index is 467. The molecule has 1 aliphatic rings. The minimum Gasteiger partial charge on any atom is -0.481 e. The molecular formula is C13H17N3O3. The molecule has 1 aromatic heterocycles. The SMILES string of the molecule is Cc1ccc(CNC(=O)N2CC(CC(=O)O)C2)cn1. The van der Waals surface area contributed by atoms with Crippen LogP contribution in [-0.4, -0.2) is 40.1 Å². The van der Waals surface area contributed by atoms with Crippen LogP contribution in [-0.2, 0) is 11.3 Å². The van der Waals surface area contributed by atoms with Crippen LogP contribution in [0.2, 0.25) is 0 Å². The second-order valence-corrected chi connectivity index (χ2v) is 4.84. The zero-order valence-corrected chi connectivity index (χ0v) is 10.8. The number of hydrogen-bond donors (Lipinski definition) is 2. The van der Waals surface area contributed by atoms with Crippen LogP contribution in [0.5, 0.6) is 0 Å². The van der Waals surface area contributed by atoms with Gasteiger partial charge in [0.05, 0.1) is 6.42 Å². The number of hydrogen-bond acceptors (Lipinski definition) is 3. The van der Waals surface area contributed by atoms with Crippen molar-refractivity contribution in [2.75, 3.05) is 13.1 Å². The zero-order valence-electron chi connectivity index (χ0n) is 10.8. The van der Waals surface area contributed by atoms with Gasteiger partial charge in [-0.15, -0.1) is 0 Å². The van der Waals surface area contributed by atoms with E-state index in [0.717, 1.165) is 11.3 Å². The lowest BCUT2D eigenvalue weighted by molar-refractivity contribution is -0.139. The number of carboxylic acid groups (broad SMARTS) is 1. The number of carbonyl (C=O) groups excluding carboxylic acids is 1. The van der Waals surface area contributed by atoms with Crippen molar-refractivity contribution >= 4 is 12.0 Å². The minimum absolute atomic E-state index is 0.0873. The molecule has 0 atom stereocenters. The summed E-state index contributed by atoms with van der Waals surface area (Å²) >= 11 is 0. The number of urea groups is 1. The highest BCUT2D eigenvalue weighted by molar-refractivity contribution is 5.75. The van der Waals surface area contributed by atoms with Crippen LogP contribution in [0.1, 0.15) is 17.7 Å². The van der Waals surface area contributed by atoms with Gasteiger partial charge in [0.1, 0.15) is 0 Å². The second-order valence-electron chi connectivity index (χ2n) is 4.84. The topological polar surface area (TPSA) is 82.5 Å². The molecule has 2 N–H and O–H groups in total. The number of carbonyl (C=O) groups is 2. The molecule has 2 rings (SSSR count). The van der Waals surface area contributed by atoms with Gasteiger partial charge in [-0.05, 0) is 18.6 Å². The van der Waals surface area contributed by atoms with E-state index >= 15 is 0 Å². The van der Waals surface area contributed by atoms with E-state index in [1.54, 1.807) is 11.1 Å². The number of nitrogens with one attached hydrogen (secondary N) is 1. The summed E-state index contributed by atoms with van der Waals surface area (Å²) in [4.78, 5) is 28.0. The number of carboxylic acids is 1. The van der Waals surface area contributed by atoms with Gasteiger partial charge in [-0.2, -0.15) is 0 Å². The van der Waals surface area contributed by atoms with Crippen LogP contribution in [0.25, 0.3) is 0 Å². The number of pyridine rings is 1. The van der Waals surface area contributed by atoms with E-state index in [1.165, 1.54) is 0 Å². The Morgan fingerprint density at radius 3 is 2.79 bits per heavy atom. The summed E-state index contributed by atoms with van der Waals surface area (Å²) in [5, 5.41) is 11.4. The van der Waals surface area contributed by atoms with E-state index in [2.05, 4.69) is 10.3 Å². The molecule has 0 aromatic carbocycles. The van der Waals surface area contributed by atoms with E-state index in [1.807, 2.05) is 19.1 Å². The molecule has 6 heteroatoms. The van der Waals surface area contributed by atoms with Crippen LogP contribution in [0.3, 0.4) is 0 Å². The van der Waals surface area contributed by atoms with Crippen molar-refractivity contribution in [2.45, 2.75) is 19.9 Å². The van der Waals surface area contributed by atoms with Gasteiger partial charge in [-0.1, -0.05) is 6.07 Å². The van der Waals surface area contributed by atoms with Crippen LogP contribution in [0.15, 0.2) is 18.3 Å². The normalized spacial score (nSPS) is 14.9. The van der Waals surface area contributed by atoms with Gasteiger partial charge >= 0.3 is 12.0 Å². The summed E-state index contributed by atoms with van der Waals surface area (Å²) in [5.41, 5.74) is 1.89. The molecule has 0 bridgehead atoms. The average molecular weight is 263 g/mol.